The smallest absolute Gasteiger partial charge is 0.166 e. The van der Waals surface area contributed by atoms with Gasteiger partial charge < -0.3 is 9.13 Å². The zero-order valence-electron chi connectivity index (χ0n) is 35.9. The van der Waals surface area contributed by atoms with Crippen LogP contribution in [0.5, 0.6) is 0 Å². The summed E-state index contributed by atoms with van der Waals surface area (Å²) in [6.45, 7) is 4.91. The molecular weight excluding hydrogens is 807 g/mol. The number of benzene rings is 9. The Morgan fingerprint density at radius 2 is 0.800 bits per heavy atom. The first-order chi connectivity index (χ1) is 32.0. The molecule has 0 saturated carbocycles. The standard InChI is InChI=1S/C59H41N5Si/c1-65(2)53-37-16-12-24-40(53)43-30-17-31-47(56(43)65)59-61-57(38-20-5-3-6-21-38)60-58(62-59)46-27-11-15-34-50(46)64-49-33-14-10-26-45(49)55-42(29-19-36-52(55)64)41-28-18-35-51-54(41)44-25-9-13-32-48(44)63(51)39-22-7-4-8-23-39/h3-37H,1-2H3. The fraction of sp³-hybridized carbons (Fsp3) is 0.0339. The van der Waals surface area contributed by atoms with Crippen molar-refractivity contribution in [3.05, 3.63) is 212 Å². The molecule has 6 heteroatoms. The van der Waals surface area contributed by atoms with Gasteiger partial charge in [-0.3, -0.25) is 0 Å². The van der Waals surface area contributed by atoms with Gasteiger partial charge in [0.25, 0.3) is 0 Å². The van der Waals surface area contributed by atoms with Crippen LogP contribution in [0.3, 0.4) is 0 Å². The molecule has 9 aromatic carbocycles. The average Bonchev–Trinajstić information content (AvgIpc) is 3.97. The molecule has 0 fully saturated rings. The first kappa shape index (κ1) is 37.4. The third-order valence-corrected chi connectivity index (χ3v) is 17.1. The number of rotatable bonds is 6. The molecule has 306 valence electrons. The first-order valence-corrected chi connectivity index (χ1v) is 25.3. The molecule has 0 radical (unpaired) electrons. The largest absolute Gasteiger partial charge is 0.309 e. The molecule has 0 spiro atoms. The summed E-state index contributed by atoms with van der Waals surface area (Å²) in [5.41, 5.74) is 14.7. The molecule has 1 aliphatic rings. The Morgan fingerprint density at radius 3 is 1.51 bits per heavy atom. The van der Waals surface area contributed by atoms with Crippen molar-refractivity contribution in [2.75, 3.05) is 0 Å². The second-order valence-corrected chi connectivity index (χ2v) is 21.8. The lowest BCUT2D eigenvalue weighted by Crippen LogP contribution is -2.50. The summed E-state index contributed by atoms with van der Waals surface area (Å²) in [6.07, 6.45) is 0. The number of nitrogens with zero attached hydrogens (tertiary/aromatic N) is 5. The van der Waals surface area contributed by atoms with Crippen LogP contribution in [0, 0.1) is 0 Å². The van der Waals surface area contributed by atoms with Gasteiger partial charge in [-0.15, -0.1) is 0 Å². The monoisotopic (exact) mass is 847 g/mol. The molecule has 65 heavy (non-hydrogen) atoms. The predicted molar refractivity (Wildman–Crippen MR) is 272 cm³/mol. The minimum atomic E-state index is -2.11. The van der Waals surface area contributed by atoms with Gasteiger partial charge in [-0.2, -0.15) is 0 Å². The third kappa shape index (κ3) is 5.60. The quantitative estimate of drug-likeness (QED) is 0.157. The summed E-state index contributed by atoms with van der Waals surface area (Å²) in [5, 5.41) is 7.69. The van der Waals surface area contributed by atoms with Crippen molar-refractivity contribution in [1.82, 2.24) is 24.1 Å². The molecule has 12 aromatic rings. The molecule has 0 atom stereocenters. The minimum absolute atomic E-state index is 0.637. The van der Waals surface area contributed by atoms with Gasteiger partial charge in [-0.05, 0) is 81.2 Å². The zero-order valence-corrected chi connectivity index (χ0v) is 36.9. The Morgan fingerprint density at radius 1 is 0.338 bits per heavy atom. The van der Waals surface area contributed by atoms with Gasteiger partial charge in [-0.25, -0.2) is 15.0 Å². The van der Waals surface area contributed by atoms with E-state index in [1.54, 1.807) is 0 Å². The van der Waals surface area contributed by atoms with Gasteiger partial charge in [0, 0.05) is 43.9 Å². The molecule has 3 aromatic heterocycles. The summed E-state index contributed by atoms with van der Waals surface area (Å²) in [6, 6.07) is 76.2. The van der Waals surface area contributed by atoms with Crippen molar-refractivity contribution in [3.63, 3.8) is 0 Å². The SMILES string of the molecule is C[Si]1(C)c2ccccc2-c2cccc(-c3nc(-c4ccccc4)nc(-c4ccccc4-n4c5ccccc5c5c(-c6cccc7c6c6ccccc6n7-c6ccccc6)cccc54)n3)c21. The van der Waals surface area contributed by atoms with Gasteiger partial charge in [0.2, 0.25) is 0 Å². The molecule has 0 unspecified atom stereocenters. The van der Waals surface area contributed by atoms with Crippen molar-refractivity contribution in [1.29, 1.82) is 0 Å². The number of para-hydroxylation sites is 4. The second kappa shape index (κ2) is 14.4. The van der Waals surface area contributed by atoms with E-state index in [0.29, 0.717) is 17.5 Å². The van der Waals surface area contributed by atoms with E-state index >= 15 is 0 Å². The second-order valence-electron chi connectivity index (χ2n) is 17.5. The Balaban J connectivity index is 1.05. The lowest BCUT2D eigenvalue weighted by atomic mass is 9.95. The number of aromatic nitrogens is 5. The van der Waals surface area contributed by atoms with Crippen LogP contribution in [0.25, 0.3) is 111 Å². The summed E-state index contributed by atoms with van der Waals surface area (Å²) in [5.74, 6) is 1.99. The Kier molecular flexibility index (Phi) is 8.29. The topological polar surface area (TPSA) is 48.5 Å². The van der Waals surface area contributed by atoms with Crippen molar-refractivity contribution < 1.29 is 0 Å². The van der Waals surface area contributed by atoms with Crippen LogP contribution in [-0.2, 0) is 0 Å². The zero-order chi connectivity index (χ0) is 43.2. The molecule has 5 nitrogen and oxygen atoms in total. The van der Waals surface area contributed by atoms with Crippen LogP contribution in [0.1, 0.15) is 0 Å². The van der Waals surface area contributed by atoms with Crippen LogP contribution in [-0.4, -0.2) is 32.2 Å². The van der Waals surface area contributed by atoms with E-state index in [1.165, 1.54) is 65.2 Å². The first-order valence-electron chi connectivity index (χ1n) is 22.3. The van der Waals surface area contributed by atoms with Crippen molar-refractivity contribution in [2.45, 2.75) is 13.1 Å². The highest BCUT2D eigenvalue weighted by molar-refractivity contribution is 7.04. The molecule has 0 N–H and O–H groups in total. The fourth-order valence-corrected chi connectivity index (χ4v) is 14.3. The number of fused-ring (bicyclic) bond motifs is 9. The summed E-state index contributed by atoms with van der Waals surface area (Å²) in [4.78, 5) is 16.1. The van der Waals surface area contributed by atoms with Gasteiger partial charge in [0.05, 0.1) is 27.8 Å². The predicted octanol–water partition coefficient (Wildman–Crippen LogP) is 13.5. The number of hydrogen-bond acceptors (Lipinski definition) is 3. The molecule has 0 saturated heterocycles. The van der Waals surface area contributed by atoms with Crippen LogP contribution in [0.15, 0.2) is 212 Å². The molecule has 1 aliphatic heterocycles. The molecule has 0 amide bonds. The third-order valence-electron chi connectivity index (χ3n) is 13.6. The van der Waals surface area contributed by atoms with Crippen molar-refractivity contribution in [3.8, 4) is 67.8 Å². The molecule has 0 bridgehead atoms. The number of hydrogen-bond donors (Lipinski definition) is 0. The lowest BCUT2D eigenvalue weighted by Gasteiger charge is -2.22. The average molecular weight is 848 g/mol. The van der Waals surface area contributed by atoms with E-state index in [9.17, 15) is 0 Å². The van der Waals surface area contributed by atoms with E-state index in [4.69, 9.17) is 15.0 Å². The van der Waals surface area contributed by atoms with Gasteiger partial charge >= 0.3 is 0 Å². The van der Waals surface area contributed by atoms with E-state index in [-0.39, 0.29) is 0 Å². The lowest BCUT2D eigenvalue weighted by molar-refractivity contribution is 1.07. The maximum atomic E-state index is 5.48. The summed E-state index contributed by atoms with van der Waals surface area (Å²) >= 11 is 0. The highest BCUT2D eigenvalue weighted by Crippen LogP contribution is 2.45. The van der Waals surface area contributed by atoms with Crippen molar-refractivity contribution >= 4 is 62.1 Å². The normalized spacial score (nSPS) is 12.9. The fourth-order valence-electron chi connectivity index (χ4n) is 10.8. The minimum Gasteiger partial charge on any atom is -0.309 e. The Labute approximate surface area is 377 Å². The highest BCUT2D eigenvalue weighted by atomic mass is 28.3. The molecule has 13 rings (SSSR count). The van der Waals surface area contributed by atoms with Gasteiger partial charge in [0.1, 0.15) is 8.07 Å². The van der Waals surface area contributed by atoms with E-state index in [0.717, 1.165) is 39.1 Å². The van der Waals surface area contributed by atoms with E-state index < -0.39 is 8.07 Å². The Bertz CT molecular complexity index is 3860. The van der Waals surface area contributed by atoms with E-state index in [1.807, 2.05) is 6.07 Å². The Hall–Kier alpha value is -8.19. The van der Waals surface area contributed by atoms with E-state index in [2.05, 4.69) is 228 Å². The van der Waals surface area contributed by atoms with Gasteiger partial charge in [0.15, 0.2) is 17.5 Å². The van der Waals surface area contributed by atoms with Gasteiger partial charge in [-0.1, -0.05) is 177 Å². The summed E-state index contributed by atoms with van der Waals surface area (Å²) < 4.78 is 4.81. The van der Waals surface area contributed by atoms with Crippen LogP contribution in [0.4, 0.5) is 0 Å². The molecule has 0 aliphatic carbocycles. The van der Waals surface area contributed by atoms with Crippen LogP contribution in [0.2, 0.25) is 13.1 Å². The highest BCUT2D eigenvalue weighted by Gasteiger charge is 2.40. The van der Waals surface area contributed by atoms with Crippen LogP contribution < -0.4 is 10.4 Å². The maximum absolute atomic E-state index is 5.48. The summed E-state index contributed by atoms with van der Waals surface area (Å²) in [7, 11) is -2.11. The maximum Gasteiger partial charge on any atom is 0.166 e. The van der Waals surface area contributed by atoms with Crippen molar-refractivity contribution in [2.24, 2.45) is 0 Å². The molecular formula is C59H41N5Si. The van der Waals surface area contributed by atoms with Crippen LogP contribution >= 0.6 is 0 Å². The molecule has 4 heterocycles.